The fraction of sp³-hybridized carbons (Fsp3) is 0.611. The molecule has 1 aromatic carbocycles. The van der Waals surface area contributed by atoms with E-state index in [4.69, 9.17) is 0 Å². The Balaban J connectivity index is 0.00000208. The fourth-order valence-electron chi connectivity index (χ4n) is 3.69. The Kier molecular flexibility index (Phi) is 6.87. The van der Waals surface area contributed by atoms with Crippen molar-refractivity contribution in [1.82, 2.24) is 10.6 Å². The number of carbonyl (C=O) groups excluding carboxylic acids is 1. The highest BCUT2D eigenvalue weighted by molar-refractivity contribution is 5.85. The van der Waals surface area contributed by atoms with Crippen LogP contribution >= 0.6 is 12.4 Å². The SMILES string of the molecule is C[C@H]1C[C@@H](C(=O)NC2CCCN(c3cccc(F)c3)C2)CCN1.Cl. The van der Waals surface area contributed by atoms with Crippen LogP contribution in [0.1, 0.15) is 32.6 Å². The molecule has 1 aromatic rings. The molecule has 2 N–H and O–H groups in total. The van der Waals surface area contributed by atoms with Gasteiger partial charge >= 0.3 is 0 Å². The molecule has 2 aliphatic rings. The Labute approximate surface area is 149 Å². The minimum absolute atomic E-state index is 0. The standard InChI is InChI=1S/C18H26FN3O.ClH/c1-13-10-14(7-8-20-13)18(23)21-16-5-3-9-22(12-16)17-6-2-4-15(19)11-17;/h2,4,6,11,13-14,16,20H,3,5,7-10,12H2,1H3,(H,21,23);1H/t13-,14-,16?;/m0./s1. The van der Waals surface area contributed by atoms with Gasteiger partial charge in [0.05, 0.1) is 0 Å². The highest BCUT2D eigenvalue weighted by atomic mass is 35.5. The molecule has 3 atom stereocenters. The third kappa shape index (κ3) is 4.84. The predicted molar refractivity (Wildman–Crippen MR) is 97.2 cm³/mol. The summed E-state index contributed by atoms with van der Waals surface area (Å²) >= 11 is 0. The van der Waals surface area contributed by atoms with Gasteiger partial charge in [-0.25, -0.2) is 4.39 Å². The van der Waals surface area contributed by atoms with Gasteiger partial charge in [0.25, 0.3) is 0 Å². The zero-order valence-corrected chi connectivity index (χ0v) is 14.9. The van der Waals surface area contributed by atoms with Crippen LogP contribution in [0.3, 0.4) is 0 Å². The molecule has 24 heavy (non-hydrogen) atoms. The van der Waals surface area contributed by atoms with E-state index in [9.17, 15) is 9.18 Å². The quantitative estimate of drug-likeness (QED) is 0.876. The Morgan fingerprint density at radius 2 is 2.21 bits per heavy atom. The molecule has 1 amide bonds. The van der Waals surface area contributed by atoms with Gasteiger partial charge in [0.2, 0.25) is 5.91 Å². The van der Waals surface area contributed by atoms with Crippen molar-refractivity contribution in [2.45, 2.75) is 44.7 Å². The van der Waals surface area contributed by atoms with Crippen LogP contribution in [0, 0.1) is 11.7 Å². The number of nitrogens with one attached hydrogen (secondary N) is 2. The Morgan fingerprint density at radius 1 is 1.38 bits per heavy atom. The largest absolute Gasteiger partial charge is 0.369 e. The molecule has 0 spiro atoms. The van der Waals surface area contributed by atoms with Crippen LogP contribution in [0.5, 0.6) is 0 Å². The number of rotatable bonds is 3. The van der Waals surface area contributed by atoms with Crippen LogP contribution in [0.2, 0.25) is 0 Å². The lowest BCUT2D eigenvalue weighted by Gasteiger charge is -2.36. The summed E-state index contributed by atoms with van der Waals surface area (Å²) in [7, 11) is 0. The first-order valence-electron chi connectivity index (χ1n) is 8.66. The first kappa shape index (κ1) is 19.0. The highest BCUT2D eigenvalue weighted by Crippen LogP contribution is 2.22. The zero-order valence-electron chi connectivity index (χ0n) is 14.1. The molecule has 2 saturated heterocycles. The summed E-state index contributed by atoms with van der Waals surface area (Å²) in [5.74, 6) is 0.0950. The van der Waals surface area contributed by atoms with Gasteiger partial charge in [-0.05, 0) is 57.4 Å². The molecule has 0 saturated carbocycles. The molecule has 0 aliphatic carbocycles. The van der Waals surface area contributed by atoms with E-state index in [0.717, 1.165) is 51.0 Å². The van der Waals surface area contributed by atoms with E-state index >= 15 is 0 Å². The lowest BCUT2D eigenvalue weighted by Crippen LogP contribution is -2.51. The molecule has 1 unspecified atom stereocenters. The third-order valence-electron chi connectivity index (χ3n) is 4.94. The summed E-state index contributed by atoms with van der Waals surface area (Å²) < 4.78 is 13.4. The van der Waals surface area contributed by atoms with Crippen LogP contribution in [0.15, 0.2) is 24.3 Å². The highest BCUT2D eigenvalue weighted by Gasteiger charge is 2.28. The second kappa shape index (κ2) is 8.67. The maximum absolute atomic E-state index is 13.4. The Hall–Kier alpha value is -1.33. The van der Waals surface area contributed by atoms with Gasteiger partial charge in [0, 0.05) is 36.8 Å². The summed E-state index contributed by atoms with van der Waals surface area (Å²) in [5, 5.41) is 6.60. The van der Waals surface area contributed by atoms with Crippen LogP contribution < -0.4 is 15.5 Å². The van der Waals surface area contributed by atoms with E-state index in [2.05, 4.69) is 22.5 Å². The lowest BCUT2D eigenvalue weighted by atomic mass is 9.92. The average molecular weight is 356 g/mol. The maximum Gasteiger partial charge on any atom is 0.223 e. The Morgan fingerprint density at radius 3 is 2.96 bits per heavy atom. The third-order valence-corrected chi connectivity index (χ3v) is 4.94. The Bertz CT molecular complexity index is 557. The summed E-state index contributed by atoms with van der Waals surface area (Å²) in [6.07, 6.45) is 3.84. The van der Waals surface area contributed by atoms with Gasteiger partial charge in [0.15, 0.2) is 0 Å². The van der Waals surface area contributed by atoms with Gasteiger partial charge < -0.3 is 15.5 Å². The normalized spacial score (nSPS) is 27.2. The average Bonchev–Trinajstić information content (AvgIpc) is 2.55. The molecule has 2 fully saturated rings. The van der Waals surface area contributed by atoms with Crippen molar-refractivity contribution in [2.75, 3.05) is 24.5 Å². The van der Waals surface area contributed by atoms with Gasteiger partial charge in [-0.3, -0.25) is 4.79 Å². The topological polar surface area (TPSA) is 44.4 Å². The van der Waals surface area contributed by atoms with Crippen molar-refractivity contribution >= 4 is 24.0 Å². The van der Waals surface area contributed by atoms with Gasteiger partial charge in [-0.15, -0.1) is 12.4 Å². The number of amides is 1. The maximum atomic E-state index is 13.4. The molecular weight excluding hydrogens is 329 g/mol. The second-order valence-corrected chi connectivity index (χ2v) is 6.85. The molecule has 0 radical (unpaired) electrons. The smallest absolute Gasteiger partial charge is 0.223 e. The summed E-state index contributed by atoms with van der Waals surface area (Å²) in [6.45, 7) is 4.72. The van der Waals surface area contributed by atoms with E-state index in [1.165, 1.54) is 6.07 Å². The zero-order chi connectivity index (χ0) is 16.2. The van der Waals surface area contributed by atoms with Crippen molar-refractivity contribution in [2.24, 2.45) is 5.92 Å². The van der Waals surface area contributed by atoms with E-state index in [1.807, 2.05) is 6.07 Å². The molecule has 6 heteroatoms. The fourth-order valence-corrected chi connectivity index (χ4v) is 3.69. The van der Waals surface area contributed by atoms with Gasteiger partial charge in [-0.2, -0.15) is 0 Å². The molecule has 134 valence electrons. The molecule has 3 rings (SSSR count). The number of carbonyl (C=O) groups is 1. The monoisotopic (exact) mass is 355 g/mol. The van der Waals surface area contributed by atoms with E-state index < -0.39 is 0 Å². The van der Waals surface area contributed by atoms with E-state index in [0.29, 0.717) is 6.04 Å². The number of halogens is 2. The van der Waals surface area contributed by atoms with Crippen molar-refractivity contribution in [1.29, 1.82) is 0 Å². The number of benzene rings is 1. The van der Waals surface area contributed by atoms with Crippen LogP contribution in [0.25, 0.3) is 0 Å². The summed E-state index contributed by atoms with van der Waals surface area (Å²) in [5.41, 5.74) is 0.902. The molecule has 0 bridgehead atoms. The van der Waals surface area contributed by atoms with Crippen LogP contribution in [-0.4, -0.2) is 37.6 Å². The molecule has 0 aromatic heterocycles. The first-order valence-corrected chi connectivity index (χ1v) is 8.66. The molecular formula is C18H27ClFN3O. The summed E-state index contributed by atoms with van der Waals surface area (Å²) in [6, 6.07) is 7.27. The number of hydrogen-bond donors (Lipinski definition) is 2. The number of piperidine rings is 2. The predicted octanol–water partition coefficient (Wildman–Crippen LogP) is 2.72. The van der Waals surface area contributed by atoms with Crippen LogP contribution in [0.4, 0.5) is 10.1 Å². The van der Waals surface area contributed by atoms with Crippen molar-refractivity contribution < 1.29 is 9.18 Å². The number of hydrogen-bond acceptors (Lipinski definition) is 3. The van der Waals surface area contributed by atoms with Crippen molar-refractivity contribution in [3.63, 3.8) is 0 Å². The van der Waals surface area contributed by atoms with E-state index in [1.54, 1.807) is 12.1 Å². The molecule has 4 nitrogen and oxygen atoms in total. The summed E-state index contributed by atoms with van der Waals surface area (Å²) in [4.78, 5) is 14.7. The molecule has 2 heterocycles. The minimum atomic E-state index is -0.211. The second-order valence-electron chi connectivity index (χ2n) is 6.85. The van der Waals surface area contributed by atoms with Crippen molar-refractivity contribution in [3.8, 4) is 0 Å². The lowest BCUT2D eigenvalue weighted by molar-refractivity contribution is -0.126. The minimum Gasteiger partial charge on any atom is -0.369 e. The number of anilines is 1. The van der Waals surface area contributed by atoms with Crippen molar-refractivity contribution in [3.05, 3.63) is 30.1 Å². The van der Waals surface area contributed by atoms with E-state index in [-0.39, 0.29) is 36.1 Å². The number of nitrogens with zero attached hydrogens (tertiary/aromatic N) is 1. The molecule has 2 aliphatic heterocycles. The van der Waals surface area contributed by atoms with Gasteiger partial charge in [0.1, 0.15) is 5.82 Å². The van der Waals surface area contributed by atoms with Crippen LogP contribution in [-0.2, 0) is 4.79 Å². The van der Waals surface area contributed by atoms with Gasteiger partial charge in [-0.1, -0.05) is 6.07 Å². The first-order chi connectivity index (χ1) is 11.1.